The van der Waals surface area contributed by atoms with Crippen LogP contribution in [0.15, 0.2) is 24.3 Å². The molecule has 0 saturated carbocycles. The summed E-state index contributed by atoms with van der Waals surface area (Å²) in [7, 11) is 0. The molecule has 0 heterocycles. The van der Waals surface area contributed by atoms with E-state index in [-0.39, 0.29) is 6.04 Å². The number of nitriles is 1. The highest BCUT2D eigenvalue weighted by Crippen LogP contribution is 2.15. The third-order valence-electron chi connectivity index (χ3n) is 2.49. The first kappa shape index (κ1) is 13.3. The molecule has 1 rings (SSSR count). The Hall–Kier alpha value is -1.77. The number of hydrogen-bond acceptors (Lipinski definition) is 2. The summed E-state index contributed by atoms with van der Waals surface area (Å²) in [5.41, 5.74) is 2.27. The molecular weight excluding hydrogens is 208 g/mol. The van der Waals surface area contributed by atoms with Gasteiger partial charge in [0.15, 0.2) is 0 Å². The third kappa shape index (κ3) is 4.31. The van der Waals surface area contributed by atoms with Crippen LogP contribution in [0.25, 0.3) is 0 Å². The van der Waals surface area contributed by atoms with Gasteiger partial charge in [0.05, 0.1) is 12.6 Å². The van der Waals surface area contributed by atoms with E-state index in [1.54, 1.807) is 0 Å². The average molecular weight is 226 g/mol. The van der Waals surface area contributed by atoms with Crippen LogP contribution in [0.4, 0.5) is 0 Å². The highest BCUT2D eigenvalue weighted by molar-refractivity contribution is 5.28. The molecule has 88 valence electrons. The molecule has 1 aromatic carbocycles. The highest BCUT2D eigenvalue weighted by Gasteiger charge is 2.08. The van der Waals surface area contributed by atoms with Gasteiger partial charge in [-0.2, -0.15) is 5.26 Å². The molecule has 2 heteroatoms. The van der Waals surface area contributed by atoms with Crippen LogP contribution in [-0.4, -0.2) is 6.54 Å². The van der Waals surface area contributed by atoms with Crippen molar-refractivity contribution in [1.29, 1.82) is 5.26 Å². The molecule has 1 unspecified atom stereocenters. The number of rotatable bonds is 5. The van der Waals surface area contributed by atoms with E-state index < -0.39 is 0 Å². The lowest BCUT2D eigenvalue weighted by atomic mass is 10.00. The van der Waals surface area contributed by atoms with Gasteiger partial charge in [-0.1, -0.05) is 44.0 Å². The molecule has 0 fully saturated rings. The van der Waals surface area contributed by atoms with Crippen LogP contribution in [0, 0.1) is 29.6 Å². The van der Waals surface area contributed by atoms with Crippen molar-refractivity contribution in [2.45, 2.75) is 26.3 Å². The van der Waals surface area contributed by atoms with Crippen LogP contribution in [0.3, 0.4) is 0 Å². The average Bonchev–Trinajstić information content (AvgIpc) is 2.31. The van der Waals surface area contributed by atoms with E-state index in [1.807, 2.05) is 12.1 Å². The molecule has 0 aliphatic rings. The molecule has 0 aromatic heterocycles. The van der Waals surface area contributed by atoms with Crippen LogP contribution in [0.1, 0.15) is 31.0 Å². The molecule has 1 aromatic rings. The standard InChI is InChI=1S/C15H18N2/c1-4-9-17-15(11-16)14-7-5-13(6-8-14)10-12(2)3/h1,5-8,12,15,17H,9-10H2,2-3H3. The van der Waals surface area contributed by atoms with Gasteiger partial charge in [0.25, 0.3) is 0 Å². The summed E-state index contributed by atoms with van der Waals surface area (Å²) < 4.78 is 0. The summed E-state index contributed by atoms with van der Waals surface area (Å²) in [6, 6.07) is 10.0. The lowest BCUT2D eigenvalue weighted by Gasteiger charge is -2.11. The second-order valence-corrected chi connectivity index (χ2v) is 4.49. The molecule has 0 spiro atoms. The Labute approximate surface area is 104 Å². The number of benzene rings is 1. The molecule has 2 nitrogen and oxygen atoms in total. The van der Waals surface area contributed by atoms with Crippen molar-refractivity contribution in [2.75, 3.05) is 6.54 Å². The maximum Gasteiger partial charge on any atom is 0.122 e. The third-order valence-corrected chi connectivity index (χ3v) is 2.49. The normalized spacial score (nSPS) is 11.8. The zero-order chi connectivity index (χ0) is 12.7. The number of nitrogens with one attached hydrogen (secondary N) is 1. The van der Waals surface area contributed by atoms with Crippen molar-refractivity contribution < 1.29 is 0 Å². The van der Waals surface area contributed by atoms with Crippen molar-refractivity contribution in [2.24, 2.45) is 5.92 Å². The predicted octanol–water partition coefficient (Wildman–Crippen LogP) is 2.67. The van der Waals surface area contributed by atoms with Gasteiger partial charge in [0.1, 0.15) is 6.04 Å². The van der Waals surface area contributed by atoms with E-state index >= 15 is 0 Å². The van der Waals surface area contributed by atoms with Gasteiger partial charge < -0.3 is 0 Å². The topological polar surface area (TPSA) is 35.8 Å². The van der Waals surface area contributed by atoms with E-state index in [0.717, 1.165) is 12.0 Å². The largest absolute Gasteiger partial charge is 0.287 e. The summed E-state index contributed by atoms with van der Waals surface area (Å²) in [6.07, 6.45) is 6.23. The summed E-state index contributed by atoms with van der Waals surface area (Å²) in [5.74, 6) is 3.12. The van der Waals surface area contributed by atoms with Crippen LogP contribution in [0.5, 0.6) is 0 Å². The molecule has 1 N–H and O–H groups in total. The van der Waals surface area contributed by atoms with Gasteiger partial charge >= 0.3 is 0 Å². The smallest absolute Gasteiger partial charge is 0.122 e. The number of hydrogen-bond donors (Lipinski definition) is 1. The lowest BCUT2D eigenvalue weighted by molar-refractivity contribution is 0.646. The Morgan fingerprint density at radius 3 is 2.41 bits per heavy atom. The van der Waals surface area contributed by atoms with E-state index in [9.17, 15) is 0 Å². The fraction of sp³-hybridized carbons (Fsp3) is 0.400. The first-order valence-corrected chi connectivity index (χ1v) is 5.82. The fourth-order valence-corrected chi connectivity index (χ4v) is 1.72. The molecule has 1 atom stereocenters. The molecular formula is C15H18N2. The Balaban J connectivity index is 2.72. The van der Waals surface area contributed by atoms with Gasteiger partial charge in [-0.15, -0.1) is 6.42 Å². The second-order valence-electron chi connectivity index (χ2n) is 4.49. The Bertz CT molecular complexity index is 418. The summed E-state index contributed by atoms with van der Waals surface area (Å²) in [4.78, 5) is 0. The van der Waals surface area contributed by atoms with E-state index in [4.69, 9.17) is 11.7 Å². The van der Waals surface area contributed by atoms with Gasteiger partial charge in [-0.3, -0.25) is 5.32 Å². The molecule has 0 aliphatic carbocycles. The highest BCUT2D eigenvalue weighted by atomic mass is 14.9. The van der Waals surface area contributed by atoms with Crippen molar-refractivity contribution in [3.05, 3.63) is 35.4 Å². The van der Waals surface area contributed by atoms with Gasteiger partial charge in [0.2, 0.25) is 0 Å². The molecule has 17 heavy (non-hydrogen) atoms. The van der Waals surface area contributed by atoms with Crippen LogP contribution < -0.4 is 5.32 Å². The Kier molecular flexibility index (Phi) is 5.27. The minimum Gasteiger partial charge on any atom is -0.287 e. The first-order valence-electron chi connectivity index (χ1n) is 5.82. The SMILES string of the molecule is C#CCNC(C#N)c1ccc(CC(C)C)cc1. The fourth-order valence-electron chi connectivity index (χ4n) is 1.72. The maximum absolute atomic E-state index is 9.04. The van der Waals surface area contributed by atoms with E-state index in [0.29, 0.717) is 12.5 Å². The molecule has 0 radical (unpaired) electrons. The van der Waals surface area contributed by atoms with Crippen molar-refractivity contribution >= 4 is 0 Å². The zero-order valence-electron chi connectivity index (χ0n) is 10.4. The van der Waals surface area contributed by atoms with Gasteiger partial charge in [-0.05, 0) is 23.5 Å². The van der Waals surface area contributed by atoms with E-state index in [1.165, 1.54) is 5.56 Å². The second kappa shape index (κ2) is 6.74. The number of nitrogens with zero attached hydrogens (tertiary/aromatic N) is 1. The van der Waals surface area contributed by atoms with Crippen molar-refractivity contribution in [3.63, 3.8) is 0 Å². The minimum absolute atomic E-state index is 0.320. The molecule has 0 aliphatic heterocycles. The first-order chi connectivity index (χ1) is 8.17. The van der Waals surface area contributed by atoms with Gasteiger partial charge in [0, 0.05) is 0 Å². The molecule has 0 amide bonds. The van der Waals surface area contributed by atoms with Crippen LogP contribution in [-0.2, 0) is 6.42 Å². The number of terminal acetylenes is 1. The van der Waals surface area contributed by atoms with Crippen molar-refractivity contribution in [1.82, 2.24) is 5.32 Å². The van der Waals surface area contributed by atoms with E-state index in [2.05, 4.69) is 43.3 Å². The quantitative estimate of drug-likeness (QED) is 0.783. The van der Waals surface area contributed by atoms with Gasteiger partial charge in [-0.25, -0.2) is 0 Å². The Morgan fingerprint density at radius 1 is 1.29 bits per heavy atom. The minimum atomic E-state index is -0.320. The maximum atomic E-state index is 9.04. The summed E-state index contributed by atoms with van der Waals surface area (Å²) in [6.45, 7) is 4.80. The predicted molar refractivity (Wildman–Crippen MR) is 70.2 cm³/mol. The lowest BCUT2D eigenvalue weighted by Crippen LogP contribution is -2.20. The Morgan fingerprint density at radius 2 is 1.94 bits per heavy atom. The zero-order valence-corrected chi connectivity index (χ0v) is 10.4. The monoisotopic (exact) mass is 226 g/mol. The molecule has 0 bridgehead atoms. The molecule has 0 saturated heterocycles. The van der Waals surface area contributed by atoms with Crippen LogP contribution >= 0.6 is 0 Å². The van der Waals surface area contributed by atoms with Crippen molar-refractivity contribution in [3.8, 4) is 18.4 Å². The summed E-state index contributed by atoms with van der Waals surface area (Å²) in [5, 5.41) is 12.0. The summed E-state index contributed by atoms with van der Waals surface area (Å²) >= 11 is 0. The van der Waals surface area contributed by atoms with Crippen LogP contribution in [0.2, 0.25) is 0 Å².